The Bertz CT molecular complexity index is 423. The number of aliphatic imine (C=N–C) groups is 1. The zero-order valence-electron chi connectivity index (χ0n) is 10.00. The van der Waals surface area contributed by atoms with E-state index >= 15 is 0 Å². The summed E-state index contributed by atoms with van der Waals surface area (Å²) in [5, 5.41) is 3.18. The molecular weight excluding hydrogens is 360 g/mol. The van der Waals surface area contributed by atoms with E-state index in [1.165, 1.54) is 19.3 Å². The van der Waals surface area contributed by atoms with Gasteiger partial charge in [0.1, 0.15) is 0 Å². The quantitative estimate of drug-likeness (QED) is 0.628. The van der Waals surface area contributed by atoms with Crippen LogP contribution in [0, 0.1) is 5.92 Å². The normalized spacial score (nSPS) is 16.4. The molecule has 1 aliphatic carbocycles. The van der Waals surface area contributed by atoms with Crippen LogP contribution >= 0.6 is 31.9 Å². The molecule has 0 atom stereocenters. The van der Waals surface area contributed by atoms with Gasteiger partial charge in [-0.1, -0.05) is 6.42 Å². The fourth-order valence-corrected chi connectivity index (χ4v) is 2.94. The van der Waals surface area contributed by atoms with Gasteiger partial charge in [0.25, 0.3) is 0 Å². The molecule has 0 spiro atoms. The van der Waals surface area contributed by atoms with Crippen LogP contribution < -0.4 is 11.1 Å². The third kappa shape index (κ3) is 3.68. The molecular formula is C12H16Br2N4. The second kappa shape index (κ2) is 6.52. The fraction of sp³-hybridized carbons (Fsp3) is 0.500. The zero-order valence-corrected chi connectivity index (χ0v) is 13.2. The van der Waals surface area contributed by atoms with Crippen LogP contribution in [0.5, 0.6) is 0 Å². The summed E-state index contributed by atoms with van der Waals surface area (Å²) in [4.78, 5) is 8.40. The maximum Gasteiger partial charge on any atom is 0.188 e. The van der Waals surface area contributed by atoms with Crippen molar-refractivity contribution in [2.45, 2.75) is 25.8 Å². The van der Waals surface area contributed by atoms with E-state index in [4.69, 9.17) is 5.73 Å². The fourth-order valence-electron chi connectivity index (χ4n) is 1.76. The van der Waals surface area contributed by atoms with Crippen LogP contribution in [0.15, 0.2) is 26.3 Å². The summed E-state index contributed by atoms with van der Waals surface area (Å²) in [6.45, 7) is 1.47. The van der Waals surface area contributed by atoms with Gasteiger partial charge < -0.3 is 11.1 Å². The van der Waals surface area contributed by atoms with E-state index in [2.05, 4.69) is 47.2 Å². The number of hydrogen-bond donors (Lipinski definition) is 2. The van der Waals surface area contributed by atoms with Crippen LogP contribution in [0.2, 0.25) is 0 Å². The second-order valence-electron chi connectivity index (χ2n) is 4.46. The Morgan fingerprint density at radius 2 is 2.06 bits per heavy atom. The maximum absolute atomic E-state index is 5.84. The Hall–Kier alpha value is -0.620. The Morgan fingerprint density at radius 1 is 1.39 bits per heavy atom. The van der Waals surface area contributed by atoms with Gasteiger partial charge in [0, 0.05) is 33.4 Å². The first kappa shape index (κ1) is 13.8. The van der Waals surface area contributed by atoms with Crippen molar-refractivity contribution < 1.29 is 0 Å². The molecule has 1 saturated carbocycles. The topological polar surface area (TPSA) is 63.3 Å². The first-order valence-corrected chi connectivity index (χ1v) is 7.57. The van der Waals surface area contributed by atoms with Crippen molar-refractivity contribution >= 4 is 37.8 Å². The van der Waals surface area contributed by atoms with Gasteiger partial charge in [-0.15, -0.1) is 0 Å². The molecule has 0 amide bonds. The van der Waals surface area contributed by atoms with Crippen molar-refractivity contribution in [3.63, 3.8) is 0 Å². The third-order valence-corrected chi connectivity index (χ3v) is 4.52. The minimum atomic E-state index is 0.512. The Balaban J connectivity index is 1.88. The van der Waals surface area contributed by atoms with Crippen molar-refractivity contribution in [1.29, 1.82) is 0 Å². The number of guanidine groups is 1. The number of rotatable bonds is 4. The van der Waals surface area contributed by atoms with Crippen molar-refractivity contribution in [3.8, 4) is 0 Å². The van der Waals surface area contributed by atoms with Crippen LogP contribution in [-0.2, 0) is 6.54 Å². The maximum atomic E-state index is 5.84. The molecule has 1 aromatic heterocycles. The minimum Gasteiger partial charge on any atom is -0.370 e. The summed E-state index contributed by atoms with van der Waals surface area (Å²) >= 11 is 6.91. The summed E-state index contributed by atoms with van der Waals surface area (Å²) in [5.41, 5.74) is 6.90. The average Bonchev–Trinajstić information content (AvgIpc) is 2.26. The molecule has 2 rings (SSSR count). The van der Waals surface area contributed by atoms with Crippen LogP contribution in [-0.4, -0.2) is 17.5 Å². The third-order valence-electron chi connectivity index (χ3n) is 3.16. The molecule has 1 aliphatic rings. The number of hydrogen-bond acceptors (Lipinski definition) is 2. The first-order chi connectivity index (χ1) is 8.66. The number of nitrogens with zero attached hydrogens (tertiary/aromatic N) is 2. The van der Waals surface area contributed by atoms with E-state index < -0.39 is 0 Å². The van der Waals surface area contributed by atoms with Crippen LogP contribution in [0.3, 0.4) is 0 Å². The van der Waals surface area contributed by atoms with Crippen molar-refractivity contribution in [2.75, 3.05) is 6.54 Å². The van der Waals surface area contributed by atoms with Crippen molar-refractivity contribution in [2.24, 2.45) is 16.6 Å². The monoisotopic (exact) mass is 374 g/mol. The summed E-state index contributed by atoms with van der Waals surface area (Å²) in [6.07, 6.45) is 7.48. The molecule has 0 saturated heterocycles. The number of halogens is 2. The molecule has 0 radical (unpaired) electrons. The van der Waals surface area contributed by atoms with E-state index in [-0.39, 0.29) is 0 Å². The lowest BCUT2D eigenvalue weighted by Crippen LogP contribution is -2.37. The number of nitrogens with two attached hydrogens (primary N) is 1. The smallest absolute Gasteiger partial charge is 0.188 e. The lowest BCUT2D eigenvalue weighted by atomic mass is 9.85. The highest BCUT2D eigenvalue weighted by molar-refractivity contribution is 9.11. The SMILES string of the molecule is NC(=NCc1c(Br)cncc1Br)NCC1CCC1. The van der Waals surface area contributed by atoms with Crippen molar-refractivity contribution in [3.05, 3.63) is 26.9 Å². The zero-order chi connectivity index (χ0) is 13.0. The molecule has 6 heteroatoms. The van der Waals surface area contributed by atoms with Gasteiger partial charge in [0.2, 0.25) is 0 Å². The lowest BCUT2D eigenvalue weighted by Gasteiger charge is -2.25. The Labute approximate surface area is 124 Å². The van der Waals surface area contributed by atoms with E-state index in [1.807, 2.05) is 0 Å². The van der Waals surface area contributed by atoms with Gasteiger partial charge in [0.15, 0.2) is 5.96 Å². The Morgan fingerprint density at radius 3 is 2.61 bits per heavy atom. The largest absolute Gasteiger partial charge is 0.370 e. The van der Waals surface area contributed by atoms with Crippen LogP contribution in [0.25, 0.3) is 0 Å². The minimum absolute atomic E-state index is 0.512. The van der Waals surface area contributed by atoms with E-state index in [9.17, 15) is 0 Å². The van der Waals surface area contributed by atoms with E-state index in [1.54, 1.807) is 12.4 Å². The predicted octanol–water partition coefficient (Wildman–Crippen LogP) is 2.81. The van der Waals surface area contributed by atoms with Gasteiger partial charge in [-0.25, -0.2) is 4.99 Å². The molecule has 1 heterocycles. The summed E-state index contributed by atoms with van der Waals surface area (Å²) in [7, 11) is 0. The molecule has 18 heavy (non-hydrogen) atoms. The number of nitrogens with one attached hydrogen (secondary N) is 1. The van der Waals surface area contributed by atoms with Gasteiger partial charge in [-0.05, 0) is 50.6 Å². The molecule has 3 N–H and O–H groups in total. The van der Waals surface area contributed by atoms with Crippen LogP contribution in [0.4, 0.5) is 0 Å². The molecule has 1 fully saturated rings. The van der Waals surface area contributed by atoms with Gasteiger partial charge >= 0.3 is 0 Å². The number of aromatic nitrogens is 1. The Kier molecular flexibility index (Phi) is 5.00. The predicted molar refractivity (Wildman–Crippen MR) is 80.3 cm³/mol. The number of pyridine rings is 1. The highest BCUT2D eigenvalue weighted by Gasteiger charge is 2.16. The molecule has 98 valence electrons. The molecule has 0 unspecified atom stereocenters. The van der Waals surface area contributed by atoms with E-state index in [0.29, 0.717) is 12.5 Å². The van der Waals surface area contributed by atoms with Crippen molar-refractivity contribution in [1.82, 2.24) is 10.3 Å². The highest BCUT2D eigenvalue weighted by Crippen LogP contribution is 2.25. The standard InChI is InChI=1S/C12H16Br2N4/c13-10-6-16-7-11(14)9(10)5-18-12(15)17-4-8-2-1-3-8/h6-8H,1-5H2,(H3,15,17,18). The molecule has 1 aromatic rings. The summed E-state index contributed by atoms with van der Waals surface area (Å²) in [5.74, 6) is 1.29. The second-order valence-corrected chi connectivity index (χ2v) is 6.17. The molecule has 4 nitrogen and oxygen atoms in total. The summed E-state index contributed by atoms with van der Waals surface area (Å²) in [6, 6.07) is 0. The molecule has 0 aromatic carbocycles. The first-order valence-electron chi connectivity index (χ1n) is 5.98. The molecule has 0 bridgehead atoms. The lowest BCUT2D eigenvalue weighted by molar-refractivity contribution is 0.315. The van der Waals surface area contributed by atoms with Gasteiger partial charge in [0.05, 0.1) is 6.54 Å². The highest BCUT2D eigenvalue weighted by atomic mass is 79.9. The molecule has 0 aliphatic heterocycles. The average molecular weight is 376 g/mol. The van der Waals surface area contributed by atoms with Crippen LogP contribution in [0.1, 0.15) is 24.8 Å². The van der Waals surface area contributed by atoms with E-state index in [0.717, 1.165) is 27.0 Å². The van der Waals surface area contributed by atoms with Gasteiger partial charge in [-0.2, -0.15) is 0 Å². The summed E-state index contributed by atoms with van der Waals surface area (Å²) < 4.78 is 1.87. The van der Waals surface area contributed by atoms with Gasteiger partial charge in [-0.3, -0.25) is 4.98 Å².